The first-order valence-electron chi connectivity index (χ1n) is 17.5. The van der Waals surface area contributed by atoms with Gasteiger partial charge in [0.25, 0.3) is 11.8 Å². The predicted octanol–water partition coefficient (Wildman–Crippen LogP) is 6.83. The van der Waals surface area contributed by atoms with E-state index in [9.17, 15) is 34.5 Å². The van der Waals surface area contributed by atoms with Crippen molar-refractivity contribution in [2.45, 2.75) is 31.1 Å². The maximum absolute atomic E-state index is 15.4. The zero-order chi connectivity index (χ0) is 39.1. The number of carbonyl (C=O) groups excluding carboxylic acids is 4. The van der Waals surface area contributed by atoms with Crippen molar-refractivity contribution in [1.29, 1.82) is 0 Å². The number of rotatable bonds is 7. The SMILES string of the molecule is COc1cc([C@H]2C3=CC[C@@H]4C(=O)N(c5ccc(C(=O)O)c(O)c5)C(=O)[C@@H]4[C@@H]3C[C@H]3C(=O)N(Nc4ccc(C)cc4)C(=O)[C@@]23c2ccccc2)c(Br)c(Br)c1O. The number of carboxylic acid groups (broad SMARTS) is 1. The van der Waals surface area contributed by atoms with Gasteiger partial charge in [-0.25, -0.2) is 9.69 Å². The smallest absolute Gasteiger partial charge is 0.339 e. The van der Waals surface area contributed by atoms with Gasteiger partial charge < -0.3 is 20.1 Å². The summed E-state index contributed by atoms with van der Waals surface area (Å²) in [6, 6.07) is 21.4. The van der Waals surface area contributed by atoms with Crippen molar-refractivity contribution in [3.05, 3.63) is 122 Å². The van der Waals surface area contributed by atoms with Crippen LogP contribution in [0.5, 0.6) is 17.2 Å². The normalized spacial score (nSPS) is 25.7. The Morgan fingerprint density at radius 1 is 0.891 bits per heavy atom. The number of amides is 4. The van der Waals surface area contributed by atoms with Crippen LogP contribution in [0.4, 0.5) is 11.4 Å². The molecule has 0 bridgehead atoms. The molecule has 1 saturated carbocycles. The molecule has 2 saturated heterocycles. The standard InChI is InChI=1S/C41H33Br2N3O9/c1-19-8-10-21(11-9-19)44-46-37(50)28-17-26-23(14-15-25-31(26)38(51)45(36(25)49)22-12-13-24(39(52)53)29(47)16-22)32(27-18-30(55-2)35(48)34(43)33(27)42)41(28,40(46)54)20-6-4-3-5-7-20/h3-14,16,18,25-26,28,31-32,44,47-48H,15,17H2,1-2H3,(H,52,53)/t25-,26+,28-,31-,32+,41+/m0/s1. The van der Waals surface area contributed by atoms with E-state index < -0.39 is 70.4 Å². The zero-order valence-electron chi connectivity index (χ0n) is 29.3. The van der Waals surface area contributed by atoms with Crippen molar-refractivity contribution >= 4 is 72.8 Å². The minimum Gasteiger partial charge on any atom is -0.507 e. The highest BCUT2D eigenvalue weighted by atomic mass is 79.9. The van der Waals surface area contributed by atoms with Crippen molar-refractivity contribution in [1.82, 2.24) is 5.01 Å². The number of carbonyl (C=O) groups is 5. The van der Waals surface area contributed by atoms with Crippen molar-refractivity contribution in [3.63, 3.8) is 0 Å². The Morgan fingerprint density at radius 3 is 2.25 bits per heavy atom. The van der Waals surface area contributed by atoms with Crippen molar-refractivity contribution < 1.29 is 44.0 Å². The Balaban J connectivity index is 1.34. The Bertz CT molecular complexity index is 2370. The molecule has 12 nitrogen and oxygen atoms in total. The quantitative estimate of drug-likeness (QED) is 0.114. The van der Waals surface area contributed by atoms with Crippen LogP contribution >= 0.6 is 31.9 Å². The molecule has 4 N–H and O–H groups in total. The Kier molecular flexibility index (Phi) is 8.88. The molecule has 0 spiro atoms. The molecule has 6 atom stereocenters. The molecule has 0 radical (unpaired) electrons. The summed E-state index contributed by atoms with van der Waals surface area (Å²) in [6.45, 7) is 1.92. The first-order valence-corrected chi connectivity index (χ1v) is 19.1. The van der Waals surface area contributed by atoms with Gasteiger partial charge >= 0.3 is 5.97 Å². The van der Waals surface area contributed by atoms with E-state index in [1.54, 1.807) is 30.3 Å². The fourth-order valence-corrected chi connectivity index (χ4v) is 10.1. The highest BCUT2D eigenvalue weighted by Crippen LogP contribution is 2.65. The summed E-state index contributed by atoms with van der Waals surface area (Å²) in [7, 11) is 1.40. The lowest BCUT2D eigenvalue weighted by atomic mass is 9.49. The molecule has 3 fully saturated rings. The Morgan fingerprint density at radius 2 is 1.60 bits per heavy atom. The van der Waals surface area contributed by atoms with Crippen LogP contribution in [-0.2, 0) is 24.6 Å². The van der Waals surface area contributed by atoms with Crippen LogP contribution in [0.2, 0.25) is 0 Å². The third-order valence-corrected chi connectivity index (χ3v) is 13.7. The fourth-order valence-electron chi connectivity index (χ4n) is 9.16. The van der Waals surface area contributed by atoms with E-state index in [2.05, 4.69) is 37.3 Å². The minimum absolute atomic E-state index is 0.0231. The molecule has 55 heavy (non-hydrogen) atoms. The van der Waals surface area contributed by atoms with Gasteiger partial charge in [-0.05, 0) is 99.0 Å². The maximum atomic E-state index is 15.4. The monoisotopic (exact) mass is 869 g/mol. The van der Waals surface area contributed by atoms with E-state index in [1.807, 2.05) is 43.3 Å². The summed E-state index contributed by atoms with van der Waals surface area (Å²) in [4.78, 5) is 71.6. The molecule has 8 rings (SSSR count). The Labute approximate surface area is 331 Å². The van der Waals surface area contributed by atoms with Crippen molar-refractivity contribution in [2.75, 3.05) is 17.4 Å². The molecule has 4 aliphatic rings. The van der Waals surface area contributed by atoms with Gasteiger partial charge in [-0.15, -0.1) is 0 Å². The van der Waals surface area contributed by atoms with Crippen LogP contribution in [0.15, 0.2) is 99.5 Å². The third-order valence-electron chi connectivity index (χ3n) is 11.6. The highest BCUT2D eigenvalue weighted by Gasteiger charge is 2.70. The summed E-state index contributed by atoms with van der Waals surface area (Å²) >= 11 is 7.18. The molecular weight excluding hydrogens is 838 g/mol. The number of nitrogens with zero attached hydrogens (tertiary/aromatic N) is 2. The number of methoxy groups -OCH3 is 1. The number of fused-ring (bicyclic) bond motifs is 4. The number of aromatic carboxylic acids is 1. The van der Waals surface area contributed by atoms with Gasteiger partial charge in [0.15, 0.2) is 11.5 Å². The summed E-state index contributed by atoms with van der Waals surface area (Å²) in [5.74, 6) is -8.59. The zero-order valence-corrected chi connectivity index (χ0v) is 32.5. The average molecular weight is 872 g/mol. The minimum atomic E-state index is -1.57. The van der Waals surface area contributed by atoms with Crippen LogP contribution in [0, 0.1) is 30.6 Å². The van der Waals surface area contributed by atoms with Gasteiger partial charge in [0.2, 0.25) is 11.8 Å². The van der Waals surface area contributed by atoms with E-state index in [1.165, 1.54) is 13.2 Å². The summed E-state index contributed by atoms with van der Waals surface area (Å²) in [5.41, 5.74) is 4.39. The lowest BCUT2D eigenvalue weighted by Gasteiger charge is -2.51. The number of hydrogen-bond acceptors (Lipinski definition) is 9. The number of benzene rings is 4. The number of aryl methyl sites for hydroxylation is 1. The lowest BCUT2D eigenvalue weighted by Crippen LogP contribution is -2.53. The fraction of sp³-hybridized carbons (Fsp3) is 0.244. The number of hydrazine groups is 1. The molecule has 0 unspecified atom stereocenters. The summed E-state index contributed by atoms with van der Waals surface area (Å²) < 4.78 is 6.26. The van der Waals surface area contributed by atoms with Gasteiger partial charge in [0.1, 0.15) is 11.3 Å². The number of phenolic OH excluding ortho intramolecular Hbond substituents is 1. The topological polar surface area (TPSA) is 174 Å². The van der Waals surface area contributed by atoms with Crippen molar-refractivity contribution in [3.8, 4) is 17.2 Å². The number of hydrogen-bond donors (Lipinski definition) is 4. The van der Waals surface area contributed by atoms with Crippen LogP contribution in [0.3, 0.4) is 0 Å². The number of carboxylic acids is 1. The number of allylic oxidation sites excluding steroid dienone is 2. The molecule has 4 aromatic carbocycles. The third kappa shape index (κ3) is 5.32. The van der Waals surface area contributed by atoms with Crippen molar-refractivity contribution in [2.24, 2.45) is 23.7 Å². The van der Waals surface area contributed by atoms with Crippen LogP contribution in [-0.4, -0.2) is 57.0 Å². The van der Waals surface area contributed by atoms with Gasteiger partial charge in [-0.1, -0.05) is 59.7 Å². The van der Waals surface area contributed by atoms with E-state index in [-0.39, 0.29) is 40.1 Å². The van der Waals surface area contributed by atoms with Gasteiger partial charge in [0, 0.05) is 16.5 Å². The molecule has 14 heteroatoms. The second-order valence-electron chi connectivity index (χ2n) is 14.3. The predicted molar refractivity (Wildman–Crippen MR) is 206 cm³/mol. The molecule has 280 valence electrons. The molecule has 2 heterocycles. The number of nitrogens with one attached hydrogen (secondary N) is 1. The molecular formula is C41H33Br2N3O9. The molecule has 4 aromatic rings. The Hall–Kier alpha value is -5.47. The van der Waals surface area contributed by atoms with E-state index in [4.69, 9.17) is 4.74 Å². The number of ether oxygens (including phenoxy) is 1. The van der Waals surface area contributed by atoms with E-state index in [0.29, 0.717) is 26.9 Å². The lowest BCUT2D eigenvalue weighted by molar-refractivity contribution is -0.138. The molecule has 2 aliphatic heterocycles. The largest absolute Gasteiger partial charge is 0.507 e. The summed E-state index contributed by atoms with van der Waals surface area (Å²) in [6.07, 6.45) is 2.06. The van der Waals surface area contributed by atoms with Crippen LogP contribution < -0.4 is 15.1 Å². The van der Waals surface area contributed by atoms with Gasteiger partial charge in [-0.2, -0.15) is 5.01 Å². The van der Waals surface area contributed by atoms with E-state index in [0.717, 1.165) is 27.6 Å². The van der Waals surface area contributed by atoms with E-state index >= 15 is 4.79 Å². The number of anilines is 2. The number of aromatic hydroxyl groups is 2. The number of imide groups is 2. The van der Waals surface area contributed by atoms with Crippen LogP contribution in [0.1, 0.15) is 45.8 Å². The molecule has 0 aromatic heterocycles. The van der Waals surface area contributed by atoms with Gasteiger partial charge in [-0.3, -0.25) is 24.6 Å². The number of phenols is 2. The molecule has 4 amide bonds. The highest BCUT2D eigenvalue weighted by molar-refractivity contribution is 9.13. The maximum Gasteiger partial charge on any atom is 0.339 e. The average Bonchev–Trinajstić information content (AvgIpc) is 3.56. The first-order chi connectivity index (χ1) is 26.3. The van der Waals surface area contributed by atoms with Crippen LogP contribution in [0.25, 0.3) is 0 Å². The molecule has 2 aliphatic carbocycles. The first kappa shape index (κ1) is 36.5. The second kappa shape index (κ2) is 13.4. The summed E-state index contributed by atoms with van der Waals surface area (Å²) in [5, 5.41) is 32.0. The second-order valence-corrected chi connectivity index (χ2v) is 15.8. The van der Waals surface area contributed by atoms with Gasteiger partial charge in [0.05, 0.1) is 46.1 Å². The number of halogens is 2.